The van der Waals surface area contributed by atoms with Crippen LogP contribution in [0.3, 0.4) is 0 Å². The van der Waals surface area contributed by atoms with E-state index in [-0.39, 0.29) is 5.91 Å². The Morgan fingerprint density at radius 3 is 2.62 bits per heavy atom. The summed E-state index contributed by atoms with van der Waals surface area (Å²) in [6.07, 6.45) is 3.27. The summed E-state index contributed by atoms with van der Waals surface area (Å²) in [6.45, 7) is 4.87. The number of aromatic nitrogens is 1. The van der Waals surface area contributed by atoms with Crippen LogP contribution in [0.25, 0.3) is 10.9 Å². The van der Waals surface area contributed by atoms with E-state index in [4.69, 9.17) is 5.73 Å². The number of para-hydroxylation sites is 1. The second-order valence-corrected chi connectivity index (χ2v) is 5.37. The standard InChI is InChI=1S/C17H23N3O/c1-3-17(4-2,12-18)16(21)20-11-14-8-5-7-13-9-6-10-19-15(13)14/h5-10H,3-4,11-12,18H2,1-2H3,(H,20,21). The molecule has 0 bridgehead atoms. The van der Waals surface area contributed by atoms with Crippen molar-refractivity contribution in [2.75, 3.05) is 6.54 Å². The molecule has 0 aliphatic carbocycles. The van der Waals surface area contributed by atoms with Crippen molar-refractivity contribution in [2.24, 2.45) is 11.1 Å². The number of fused-ring (bicyclic) bond motifs is 1. The Morgan fingerprint density at radius 2 is 1.95 bits per heavy atom. The van der Waals surface area contributed by atoms with Gasteiger partial charge in [0.05, 0.1) is 10.9 Å². The summed E-state index contributed by atoms with van der Waals surface area (Å²) in [4.78, 5) is 16.9. The number of carbonyl (C=O) groups is 1. The van der Waals surface area contributed by atoms with Crippen LogP contribution in [-0.2, 0) is 11.3 Å². The first-order valence-electron chi connectivity index (χ1n) is 7.48. The first-order valence-corrected chi connectivity index (χ1v) is 7.48. The van der Waals surface area contributed by atoms with Gasteiger partial charge in [0, 0.05) is 24.7 Å². The Bertz CT molecular complexity index is 607. The molecule has 0 radical (unpaired) electrons. The highest BCUT2D eigenvalue weighted by molar-refractivity contribution is 5.84. The van der Waals surface area contributed by atoms with E-state index in [9.17, 15) is 4.79 Å². The topological polar surface area (TPSA) is 68.0 Å². The Kier molecular flexibility index (Phi) is 4.91. The highest BCUT2D eigenvalue weighted by Gasteiger charge is 2.32. The Labute approximate surface area is 125 Å². The third-order valence-electron chi connectivity index (χ3n) is 4.38. The summed E-state index contributed by atoms with van der Waals surface area (Å²) in [5.41, 5.74) is 7.32. The van der Waals surface area contributed by atoms with Crippen LogP contribution < -0.4 is 11.1 Å². The van der Waals surface area contributed by atoms with Crippen LogP contribution in [0.2, 0.25) is 0 Å². The molecule has 0 saturated heterocycles. The summed E-state index contributed by atoms with van der Waals surface area (Å²) >= 11 is 0. The number of nitrogens with zero attached hydrogens (tertiary/aromatic N) is 1. The number of benzene rings is 1. The summed E-state index contributed by atoms with van der Waals surface area (Å²) in [6, 6.07) is 9.95. The SMILES string of the molecule is CCC(CC)(CN)C(=O)NCc1cccc2cccnc12. The largest absolute Gasteiger partial charge is 0.351 e. The van der Waals surface area contributed by atoms with Crippen LogP contribution in [-0.4, -0.2) is 17.4 Å². The fraction of sp³-hybridized carbons (Fsp3) is 0.412. The molecule has 112 valence electrons. The average molecular weight is 285 g/mol. The number of nitrogens with one attached hydrogen (secondary N) is 1. The van der Waals surface area contributed by atoms with Crippen LogP contribution in [0, 0.1) is 5.41 Å². The zero-order valence-electron chi connectivity index (χ0n) is 12.7. The minimum absolute atomic E-state index is 0.0305. The van der Waals surface area contributed by atoms with Crippen LogP contribution in [0.4, 0.5) is 0 Å². The smallest absolute Gasteiger partial charge is 0.227 e. The molecule has 0 unspecified atom stereocenters. The summed E-state index contributed by atoms with van der Waals surface area (Å²) in [5, 5.41) is 4.11. The number of hydrogen-bond donors (Lipinski definition) is 2. The van der Waals surface area contributed by atoms with Crippen molar-refractivity contribution in [2.45, 2.75) is 33.2 Å². The Morgan fingerprint density at radius 1 is 1.24 bits per heavy atom. The minimum Gasteiger partial charge on any atom is -0.351 e. The maximum absolute atomic E-state index is 12.5. The van der Waals surface area contributed by atoms with Crippen molar-refractivity contribution in [3.8, 4) is 0 Å². The van der Waals surface area contributed by atoms with Gasteiger partial charge >= 0.3 is 0 Å². The highest BCUT2D eigenvalue weighted by Crippen LogP contribution is 2.25. The molecule has 0 saturated carbocycles. The number of pyridine rings is 1. The molecule has 0 atom stereocenters. The van der Waals surface area contributed by atoms with E-state index < -0.39 is 5.41 Å². The number of carbonyl (C=O) groups excluding carboxylic acids is 1. The van der Waals surface area contributed by atoms with Crippen molar-refractivity contribution < 1.29 is 4.79 Å². The third-order valence-corrected chi connectivity index (χ3v) is 4.38. The monoisotopic (exact) mass is 285 g/mol. The van der Waals surface area contributed by atoms with Crippen molar-refractivity contribution >= 4 is 16.8 Å². The van der Waals surface area contributed by atoms with Gasteiger partial charge in [-0.2, -0.15) is 0 Å². The molecule has 1 aromatic heterocycles. The quantitative estimate of drug-likeness (QED) is 0.857. The van der Waals surface area contributed by atoms with Gasteiger partial charge in [0.2, 0.25) is 5.91 Å². The molecule has 0 aliphatic heterocycles. The van der Waals surface area contributed by atoms with E-state index in [1.807, 2.05) is 44.2 Å². The highest BCUT2D eigenvalue weighted by atomic mass is 16.2. The van der Waals surface area contributed by atoms with E-state index >= 15 is 0 Å². The third kappa shape index (κ3) is 3.05. The molecule has 1 aromatic carbocycles. The second kappa shape index (κ2) is 6.68. The van der Waals surface area contributed by atoms with Gasteiger partial charge in [-0.25, -0.2) is 0 Å². The first-order chi connectivity index (χ1) is 10.2. The molecule has 3 N–H and O–H groups in total. The second-order valence-electron chi connectivity index (χ2n) is 5.37. The van der Waals surface area contributed by atoms with E-state index in [1.54, 1.807) is 6.20 Å². The van der Waals surface area contributed by atoms with E-state index in [0.29, 0.717) is 13.1 Å². The lowest BCUT2D eigenvalue weighted by atomic mass is 9.81. The molecule has 0 aliphatic rings. The van der Waals surface area contributed by atoms with Gasteiger partial charge < -0.3 is 11.1 Å². The molecule has 1 heterocycles. The van der Waals surface area contributed by atoms with Gasteiger partial charge in [-0.1, -0.05) is 38.1 Å². The lowest BCUT2D eigenvalue weighted by molar-refractivity contribution is -0.131. The van der Waals surface area contributed by atoms with Crippen molar-refractivity contribution in [1.82, 2.24) is 10.3 Å². The predicted molar refractivity (Wildman–Crippen MR) is 85.7 cm³/mol. The predicted octanol–water partition coefficient (Wildman–Crippen LogP) is 2.62. The zero-order valence-corrected chi connectivity index (χ0v) is 12.7. The van der Waals surface area contributed by atoms with Gasteiger partial charge in [0.15, 0.2) is 0 Å². The number of rotatable bonds is 6. The average Bonchev–Trinajstić information content (AvgIpc) is 2.55. The first kappa shape index (κ1) is 15.4. The van der Waals surface area contributed by atoms with E-state index in [1.165, 1.54) is 0 Å². The minimum atomic E-state index is -0.460. The molecule has 0 fully saturated rings. The summed E-state index contributed by atoms with van der Waals surface area (Å²) in [7, 11) is 0. The molecule has 21 heavy (non-hydrogen) atoms. The van der Waals surface area contributed by atoms with Crippen LogP contribution in [0.1, 0.15) is 32.3 Å². The van der Waals surface area contributed by atoms with Crippen LogP contribution in [0.15, 0.2) is 36.5 Å². The zero-order chi connectivity index (χ0) is 15.3. The molecule has 4 nitrogen and oxygen atoms in total. The van der Waals surface area contributed by atoms with Crippen LogP contribution in [0.5, 0.6) is 0 Å². The van der Waals surface area contributed by atoms with E-state index in [2.05, 4.69) is 10.3 Å². The molecular formula is C17H23N3O. The van der Waals surface area contributed by atoms with Crippen molar-refractivity contribution in [3.63, 3.8) is 0 Å². The maximum Gasteiger partial charge on any atom is 0.227 e. The van der Waals surface area contributed by atoms with Crippen molar-refractivity contribution in [3.05, 3.63) is 42.1 Å². The summed E-state index contributed by atoms with van der Waals surface area (Å²) < 4.78 is 0. The van der Waals surface area contributed by atoms with Gasteiger partial charge in [-0.15, -0.1) is 0 Å². The van der Waals surface area contributed by atoms with Crippen molar-refractivity contribution in [1.29, 1.82) is 0 Å². The Balaban J connectivity index is 2.17. The van der Waals surface area contributed by atoms with Crippen LogP contribution >= 0.6 is 0 Å². The maximum atomic E-state index is 12.5. The number of nitrogens with two attached hydrogens (primary N) is 1. The molecule has 0 spiro atoms. The molecule has 2 rings (SSSR count). The summed E-state index contributed by atoms with van der Waals surface area (Å²) in [5.74, 6) is 0.0305. The number of hydrogen-bond acceptors (Lipinski definition) is 3. The molecule has 1 amide bonds. The molecular weight excluding hydrogens is 262 g/mol. The lowest BCUT2D eigenvalue weighted by Crippen LogP contribution is -2.45. The fourth-order valence-corrected chi connectivity index (χ4v) is 2.63. The normalized spacial score (nSPS) is 11.6. The Hall–Kier alpha value is -1.94. The fourth-order valence-electron chi connectivity index (χ4n) is 2.63. The van der Waals surface area contributed by atoms with Gasteiger partial charge in [0.25, 0.3) is 0 Å². The molecule has 4 heteroatoms. The molecule has 2 aromatic rings. The van der Waals surface area contributed by atoms with E-state index in [0.717, 1.165) is 29.3 Å². The van der Waals surface area contributed by atoms with Gasteiger partial charge in [-0.3, -0.25) is 9.78 Å². The van der Waals surface area contributed by atoms with Gasteiger partial charge in [0.1, 0.15) is 0 Å². The van der Waals surface area contributed by atoms with Gasteiger partial charge in [-0.05, 0) is 24.5 Å². The lowest BCUT2D eigenvalue weighted by Gasteiger charge is -2.28. The number of amides is 1.